The Hall–Kier alpha value is -1.09. The van der Waals surface area contributed by atoms with Gasteiger partial charge in [0.2, 0.25) is 0 Å². The number of hydrogen-bond acceptors (Lipinski definition) is 2. The first kappa shape index (κ1) is 12.0. The zero-order chi connectivity index (χ0) is 9.80. The van der Waals surface area contributed by atoms with Gasteiger partial charge in [0.1, 0.15) is 6.54 Å². The maximum atomic E-state index is 2.47. The van der Waals surface area contributed by atoms with Gasteiger partial charge in [-0.1, -0.05) is 6.92 Å². The molecule has 0 bridgehead atoms. The van der Waals surface area contributed by atoms with Crippen LogP contribution >= 0.6 is 0 Å². The fourth-order valence-electron chi connectivity index (χ4n) is 2.04. The Bertz CT molecular complexity index is 278. The predicted octanol–water partition coefficient (Wildman–Crippen LogP) is 1.81. The summed E-state index contributed by atoms with van der Waals surface area (Å²) < 4.78 is 2.25. The van der Waals surface area contributed by atoms with Crippen LogP contribution in [0.3, 0.4) is 0 Å². The number of pyridine rings is 1. The number of rotatable bonds is 3. The van der Waals surface area contributed by atoms with Crippen molar-refractivity contribution in [3.05, 3.63) is 24.5 Å². The van der Waals surface area contributed by atoms with Crippen molar-refractivity contribution in [1.82, 2.24) is 0 Å². The Morgan fingerprint density at radius 2 is 1.80 bits per heavy atom. The van der Waals surface area contributed by atoms with Crippen molar-refractivity contribution in [2.24, 2.45) is 0 Å². The molecule has 1 aromatic rings. The zero-order valence-electron chi connectivity index (χ0n) is 9.39. The summed E-state index contributed by atoms with van der Waals surface area (Å²) in [7, 11) is 0. The van der Waals surface area contributed by atoms with Crippen LogP contribution in [-0.2, 0) is 6.54 Å². The summed E-state index contributed by atoms with van der Waals surface area (Å²) in [5.41, 5.74) is 1.38. The molecule has 0 unspecified atom stereocenters. The van der Waals surface area contributed by atoms with E-state index in [1.165, 1.54) is 38.0 Å². The fraction of sp³-hybridized carbons (Fsp3) is 0.583. The second kappa shape index (κ2) is 5.71. The summed E-state index contributed by atoms with van der Waals surface area (Å²) in [6.07, 6.45) is 8.29. The Labute approximate surface area is 91.7 Å². The lowest BCUT2D eigenvalue weighted by molar-refractivity contribution is -0.696. The topological polar surface area (TPSA) is 37.1 Å². The molecule has 1 fully saturated rings. The van der Waals surface area contributed by atoms with Crippen LogP contribution in [0.25, 0.3) is 0 Å². The Kier molecular flexibility index (Phi) is 4.56. The lowest BCUT2D eigenvalue weighted by atomic mass is 10.3. The number of aryl methyl sites for hydroxylation is 1. The Morgan fingerprint density at radius 1 is 1.20 bits per heavy atom. The second-order valence-corrected chi connectivity index (χ2v) is 3.99. The third-order valence-electron chi connectivity index (χ3n) is 2.83. The molecule has 0 radical (unpaired) electrons. The molecule has 15 heavy (non-hydrogen) atoms. The van der Waals surface area contributed by atoms with Crippen molar-refractivity contribution in [1.29, 1.82) is 0 Å². The molecule has 3 nitrogen and oxygen atoms in total. The van der Waals surface area contributed by atoms with E-state index in [0.29, 0.717) is 0 Å². The van der Waals surface area contributed by atoms with E-state index in [-0.39, 0.29) is 5.48 Å². The van der Waals surface area contributed by atoms with Gasteiger partial charge in [-0.25, -0.2) is 4.57 Å². The average molecular weight is 208 g/mol. The predicted molar refractivity (Wildman–Crippen MR) is 60.3 cm³/mol. The summed E-state index contributed by atoms with van der Waals surface area (Å²) in [5.74, 6) is 0. The first-order chi connectivity index (χ1) is 6.90. The molecule has 0 spiro atoms. The monoisotopic (exact) mass is 208 g/mol. The molecule has 0 saturated carbocycles. The highest BCUT2D eigenvalue weighted by Crippen LogP contribution is 2.17. The first-order valence-corrected chi connectivity index (χ1v) is 5.64. The molecule has 84 valence electrons. The summed E-state index contributed by atoms with van der Waals surface area (Å²) in [6, 6.07) is 4.47. The number of hydrogen-bond donors (Lipinski definition) is 0. The lowest BCUT2D eigenvalue weighted by Crippen LogP contribution is -2.32. The van der Waals surface area contributed by atoms with Crippen molar-refractivity contribution in [2.75, 3.05) is 18.0 Å². The normalized spacial score (nSPS) is 15.1. The van der Waals surface area contributed by atoms with E-state index < -0.39 is 0 Å². The van der Waals surface area contributed by atoms with E-state index in [0.717, 1.165) is 6.54 Å². The summed E-state index contributed by atoms with van der Waals surface area (Å²) in [6.45, 7) is 5.80. The minimum Gasteiger partial charge on any atom is -0.870 e. The van der Waals surface area contributed by atoms with E-state index in [2.05, 4.69) is 40.9 Å². The molecular formula is C12H20N2O. The van der Waals surface area contributed by atoms with Gasteiger partial charge in [0.25, 0.3) is 0 Å². The summed E-state index contributed by atoms with van der Waals surface area (Å²) in [4.78, 5) is 2.47. The van der Waals surface area contributed by atoms with E-state index >= 15 is 0 Å². The fourth-order valence-corrected chi connectivity index (χ4v) is 2.04. The van der Waals surface area contributed by atoms with Crippen LogP contribution in [0.2, 0.25) is 0 Å². The quantitative estimate of drug-likeness (QED) is 0.710. The third-order valence-corrected chi connectivity index (χ3v) is 2.83. The smallest absolute Gasteiger partial charge is 0.170 e. The van der Waals surface area contributed by atoms with Gasteiger partial charge < -0.3 is 10.4 Å². The van der Waals surface area contributed by atoms with Crippen LogP contribution in [0.15, 0.2) is 24.5 Å². The maximum Gasteiger partial charge on any atom is 0.170 e. The molecule has 2 heterocycles. The van der Waals surface area contributed by atoms with Crippen molar-refractivity contribution >= 4 is 5.69 Å². The van der Waals surface area contributed by atoms with Gasteiger partial charge in [-0.2, -0.15) is 0 Å². The van der Waals surface area contributed by atoms with Gasteiger partial charge >= 0.3 is 0 Å². The molecule has 1 saturated heterocycles. The highest BCUT2D eigenvalue weighted by Gasteiger charge is 2.12. The van der Waals surface area contributed by atoms with Crippen molar-refractivity contribution in [2.45, 2.75) is 32.7 Å². The van der Waals surface area contributed by atoms with Crippen molar-refractivity contribution in [3.8, 4) is 0 Å². The first-order valence-electron chi connectivity index (χ1n) is 5.64. The molecule has 1 N–H and O–H groups in total. The third kappa shape index (κ3) is 2.93. The Balaban J connectivity index is 0.00000112. The average Bonchev–Trinajstić information content (AvgIpc) is 2.72. The van der Waals surface area contributed by atoms with E-state index in [9.17, 15) is 0 Å². The van der Waals surface area contributed by atoms with Gasteiger partial charge in [0, 0.05) is 37.3 Å². The molecule has 0 aromatic carbocycles. The van der Waals surface area contributed by atoms with Crippen LogP contribution in [0.1, 0.15) is 26.2 Å². The number of aromatic nitrogens is 1. The molecule has 1 aromatic heterocycles. The summed E-state index contributed by atoms with van der Waals surface area (Å²) in [5, 5.41) is 0. The standard InChI is InChI=1S/C12H19N2.H2O/c1-2-7-13-10-5-12(6-11-13)14-8-3-4-9-14;/h5-6,10-11H,2-4,7-9H2,1H3;1H2/q+1;/p-1. The highest BCUT2D eigenvalue weighted by molar-refractivity contribution is 5.44. The van der Waals surface area contributed by atoms with E-state index in [1.54, 1.807) is 0 Å². The van der Waals surface area contributed by atoms with Crippen LogP contribution in [-0.4, -0.2) is 18.6 Å². The summed E-state index contributed by atoms with van der Waals surface area (Å²) >= 11 is 0. The molecule has 1 aliphatic heterocycles. The molecule has 0 aliphatic carbocycles. The number of nitrogens with zero attached hydrogens (tertiary/aromatic N) is 2. The largest absolute Gasteiger partial charge is 0.870 e. The van der Waals surface area contributed by atoms with Crippen LogP contribution in [0.5, 0.6) is 0 Å². The minimum atomic E-state index is 0. The van der Waals surface area contributed by atoms with Gasteiger partial charge in [0.15, 0.2) is 12.4 Å². The zero-order valence-corrected chi connectivity index (χ0v) is 9.39. The molecule has 2 rings (SSSR count). The van der Waals surface area contributed by atoms with Crippen molar-refractivity contribution in [3.63, 3.8) is 0 Å². The van der Waals surface area contributed by atoms with Gasteiger partial charge in [-0.05, 0) is 12.8 Å². The molecule has 1 aliphatic rings. The second-order valence-electron chi connectivity index (χ2n) is 3.99. The van der Waals surface area contributed by atoms with Gasteiger partial charge in [0.05, 0.1) is 0 Å². The van der Waals surface area contributed by atoms with Gasteiger partial charge in [-0.15, -0.1) is 0 Å². The molecule has 0 amide bonds. The highest BCUT2D eigenvalue weighted by atomic mass is 16.0. The minimum absolute atomic E-state index is 0. The van der Waals surface area contributed by atoms with Crippen LogP contribution < -0.4 is 9.47 Å². The SMILES string of the molecule is CCC[n+]1ccc(N2CCCC2)cc1.[OH-]. The molecular weight excluding hydrogens is 188 g/mol. The number of anilines is 1. The lowest BCUT2D eigenvalue weighted by Gasteiger charge is -2.16. The van der Waals surface area contributed by atoms with Crippen LogP contribution in [0.4, 0.5) is 5.69 Å². The van der Waals surface area contributed by atoms with Crippen molar-refractivity contribution < 1.29 is 10.0 Å². The van der Waals surface area contributed by atoms with E-state index in [1.807, 2.05) is 0 Å². The molecule has 3 heteroatoms. The van der Waals surface area contributed by atoms with Gasteiger partial charge in [-0.3, -0.25) is 0 Å². The van der Waals surface area contributed by atoms with E-state index in [4.69, 9.17) is 0 Å². The molecule has 0 atom stereocenters. The Morgan fingerprint density at radius 3 is 2.33 bits per heavy atom. The maximum absolute atomic E-state index is 2.47. The van der Waals surface area contributed by atoms with Crippen LogP contribution in [0, 0.1) is 0 Å².